The van der Waals surface area contributed by atoms with Gasteiger partial charge in [0, 0.05) is 25.1 Å². The molecule has 0 saturated carbocycles. The molecule has 30 heavy (non-hydrogen) atoms. The van der Waals surface area contributed by atoms with Crippen LogP contribution in [0.5, 0.6) is 0 Å². The van der Waals surface area contributed by atoms with Crippen LogP contribution in [0, 0.1) is 0 Å². The van der Waals surface area contributed by atoms with E-state index in [-0.39, 0.29) is 0 Å². The predicted octanol–water partition coefficient (Wildman–Crippen LogP) is 5.08. The molecule has 3 rings (SSSR count). The van der Waals surface area contributed by atoms with E-state index in [0.29, 0.717) is 30.4 Å². The molecule has 1 N–H and O–H groups in total. The monoisotopic (exact) mass is 432 g/mol. The van der Waals surface area contributed by atoms with Crippen LogP contribution < -0.4 is 5.32 Å². The zero-order chi connectivity index (χ0) is 21.7. The second kappa shape index (κ2) is 9.62. The molecule has 162 valence electrons. The molecule has 0 radical (unpaired) electrons. The lowest BCUT2D eigenvalue weighted by Crippen LogP contribution is -2.33. The van der Waals surface area contributed by atoms with Gasteiger partial charge in [-0.05, 0) is 46.6 Å². The second-order valence-electron chi connectivity index (χ2n) is 8.07. The first kappa shape index (κ1) is 22.3. The van der Waals surface area contributed by atoms with E-state index in [1.165, 1.54) is 0 Å². The molecular formula is C22H29ClN4O3. The van der Waals surface area contributed by atoms with Gasteiger partial charge in [0.15, 0.2) is 5.15 Å². The van der Waals surface area contributed by atoms with Crippen molar-refractivity contribution in [1.29, 1.82) is 0 Å². The summed E-state index contributed by atoms with van der Waals surface area (Å²) in [5, 5.41) is 4.21. The van der Waals surface area contributed by atoms with Gasteiger partial charge in [0.1, 0.15) is 23.5 Å². The lowest BCUT2D eigenvalue weighted by molar-refractivity contribution is 0.0527. The van der Waals surface area contributed by atoms with Gasteiger partial charge in [0.25, 0.3) is 0 Å². The summed E-state index contributed by atoms with van der Waals surface area (Å²) in [4.78, 5) is 21.0. The molecule has 0 aliphatic carbocycles. The third-order valence-electron chi connectivity index (χ3n) is 4.53. The fraction of sp³-hybridized carbons (Fsp3) is 0.500. The van der Waals surface area contributed by atoms with Crippen LogP contribution >= 0.6 is 11.6 Å². The molecule has 0 bridgehead atoms. The summed E-state index contributed by atoms with van der Waals surface area (Å²) in [6.07, 6.45) is 1.27. The summed E-state index contributed by atoms with van der Waals surface area (Å²) in [7, 11) is 0. The number of hydrogen-bond donors (Lipinski definition) is 1. The summed E-state index contributed by atoms with van der Waals surface area (Å²) in [5.41, 5.74) is 2.01. The molecule has 8 heteroatoms. The third kappa shape index (κ3) is 5.40. The smallest absolute Gasteiger partial charge is 0.407 e. The van der Waals surface area contributed by atoms with Gasteiger partial charge in [-0.3, -0.25) is 0 Å². The maximum atomic E-state index is 11.8. The Kier molecular flexibility index (Phi) is 7.15. The van der Waals surface area contributed by atoms with Crippen molar-refractivity contribution in [2.75, 3.05) is 13.2 Å². The molecule has 1 amide bonds. The molecule has 1 aromatic carbocycles. The van der Waals surface area contributed by atoms with E-state index >= 15 is 0 Å². The topological polar surface area (TPSA) is 78.3 Å². The number of imidazole rings is 1. The number of rotatable bonds is 8. The molecular weight excluding hydrogens is 404 g/mol. The SMILES string of the molecule is CCOCc1nc2c(Cl)nc3ccccc3c2n1CCCCNC(=O)OC(C)(C)C. The van der Waals surface area contributed by atoms with Crippen LogP contribution in [0.25, 0.3) is 21.9 Å². The number of carbonyl (C=O) groups excluding carboxylic acids is 1. The molecule has 7 nitrogen and oxygen atoms in total. The van der Waals surface area contributed by atoms with E-state index in [0.717, 1.165) is 41.6 Å². The number of aromatic nitrogens is 3. The maximum absolute atomic E-state index is 11.8. The Hall–Kier alpha value is -2.38. The highest BCUT2D eigenvalue weighted by molar-refractivity contribution is 6.35. The number of nitrogens with zero attached hydrogens (tertiary/aromatic N) is 3. The van der Waals surface area contributed by atoms with Crippen molar-refractivity contribution < 1.29 is 14.3 Å². The normalized spacial score (nSPS) is 11.9. The first-order valence-electron chi connectivity index (χ1n) is 10.3. The van der Waals surface area contributed by atoms with Crippen LogP contribution in [0.3, 0.4) is 0 Å². The minimum Gasteiger partial charge on any atom is -0.444 e. The van der Waals surface area contributed by atoms with Gasteiger partial charge in [-0.1, -0.05) is 29.8 Å². The molecule has 0 aliphatic rings. The molecule has 0 atom stereocenters. The highest BCUT2D eigenvalue weighted by Crippen LogP contribution is 2.30. The van der Waals surface area contributed by atoms with Crippen molar-refractivity contribution in [3.05, 3.63) is 35.2 Å². The average Bonchev–Trinajstić information content (AvgIpc) is 3.04. The van der Waals surface area contributed by atoms with Crippen molar-refractivity contribution in [1.82, 2.24) is 19.9 Å². The number of amides is 1. The van der Waals surface area contributed by atoms with Crippen LogP contribution in [-0.4, -0.2) is 39.4 Å². The highest BCUT2D eigenvalue weighted by atomic mass is 35.5. The maximum Gasteiger partial charge on any atom is 0.407 e. The van der Waals surface area contributed by atoms with Crippen LogP contribution in [-0.2, 0) is 22.6 Å². The minimum atomic E-state index is -0.498. The van der Waals surface area contributed by atoms with Gasteiger partial charge in [0.2, 0.25) is 0 Å². The lowest BCUT2D eigenvalue weighted by atomic mass is 10.2. The van der Waals surface area contributed by atoms with Crippen molar-refractivity contribution in [2.24, 2.45) is 0 Å². The molecule has 0 unspecified atom stereocenters. The molecule has 3 aromatic rings. The Bertz CT molecular complexity index is 1030. The Labute approximate surface area is 181 Å². The summed E-state index contributed by atoms with van der Waals surface area (Å²) in [5.74, 6) is 0.826. The van der Waals surface area contributed by atoms with Gasteiger partial charge >= 0.3 is 6.09 Å². The number of halogens is 1. The van der Waals surface area contributed by atoms with E-state index < -0.39 is 11.7 Å². The van der Waals surface area contributed by atoms with Crippen molar-refractivity contribution >= 4 is 39.6 Å². The summed E-state index contributed by atoms with van der Waals surface area (Å²) in [6, 6.07) is 7.92. The van der Waals surface area contributed by atoms with Crippen LogP contribution in [0.1, 0.15) is 46.4 Å². The van der Waals surface area contributed by atoms with E-state index in [1.807, 2.05) is 52.0 Å². The molecule has 0 fully saturated rings. The van der Waals surface area contributed by atoms with Gasteiger partial charge in [0.05, 0.1) is 11.0 Å². The Morgan fingerprint density at radius 2 is 1.97 bits per heavy atom. The first-order valence-corrected chi connectivity index (χ1v) is 10.7. The number of fused-ring (bicyclic) bond motifs is 3. The number of nitrogens with one attached hydrogen (secondary N) is 1. The number of para-hydroxylation sites is 1. The highest BCUT2D eigenvalue weighted by Gasteiger charge is 2.18. The first-order chi connectivity index (χ1) is 14.3. The quantitative estimate of drug-likeness (QED) is 0.396. The molecule has 0 spiro atoms. The third-order valence-corrected chi connectivity index (χ3v) is 4.80. The summed E-state index contributed by atoms with van der Waals surface area (Å²) >= 11 is 6.44. The van der Waals surface area contributed by atoms with E-state index in [4.69, 9.17) is 26.1 Å². The summed E-state index contributed by atoms with van der Waals surface area (Å²) < 4.78 is 13.1. The van der Waals surface area contributed by atoms with Gasteiger partial charge in [-0.15, -0.1) is 0 Å². The fourth-order valence-electron chi connectivity index (χ4n) is 3.29. The largest absolute Gasteiger partial charge is 0.444 e. The Morgan fingerprint density at radius 3 is 2.70 bits per heavy atom. The van der Waals surface area contributed by atoms with Crippen LogP contribution in [0.15, 0.2) is 24.3 Å². The van der Waals surface area contributed by atoms with E-state index in [9.17, 15) is 4.79 Å². The van der Waals surface area contributed by atoms with Crippen molar-refractivity contribution in [3.63, 3.8) is 0 Å². The number of alkyl carbamates (subject to hydrolysis) is 1. The minimum absolute atomic E-state index is 0.392. The van der Waals surface area contributed by atoms with E-state index in [1.54, 1.807) is 0 Å². The van der Waals surface area contributed by atoms with Crippen LogP contribution in [0.2, 0.25) is 5.15 Å². The average molecular weight is 433 g/mol. The molecule has 2 aromatic heterocycles. The second-order valence-corrected chi connectivity index (χ2v) is 8.43. The van der Waals surface area contributed by atoms with E-state index in [2.05, 4.69) is 14.9 Å². The molecule has 0 aliphatic heterocycles. The fourth-order valence-corrected chi connectivity index (χ4v) is 3.51. The van der Waals surface area contributed by atoms with Gasteiger partial charge in [-0.2, -0.15) is 0 Å². The lowest BCUT2D eigenvalue weighted by Gasteiger charge is -2.19. The number of ether oxygens (including phenoxy) is 2. The summed E-state index contributed by atoms with van der Waals surface area (Å²) in [6.45, 7) is 9.80. The molecule has 2 heterocycles. The Morgan fingerprint density at radius 1 is 1.20 bits per heavy atom. The molecule has 0 saturated heterocycles. The Balaban J connectivity index is 1.77. The number of carbonyl (C=O) groups is 1. The van der Waals surface area contributed by atoms with Crippen molar-refractivity contribution in [3.8, 4) is 0 Å². The standard InChI is InChI=1S/C22H29ClN4O3/c1-5-29-14-17-26-18-19(15-10-6-7-11-16(15)25-20(18)23)27(17)13-9-8-12-24-21(28)30-22(2,3)4/h6-7,10-11H,5,8-9,12-14H2,1-4H3,(H,24,28). The number of benzene rings is 1. The van der Waals surface area contributed by atoms with Crippen LogP contribution in [0.4, 0.5) is 4.79 Å². The number of aryl methyl sites for hydroxylation is 1. The number of pyridine rings is 1. The number of unbranched alkanes of at least 4 members (excludes halogenated alkanes) is 1. The van der Waals surface area contributed by atoms with Crippen molar-refractivity contribution in [2.45, 2.75) is 59.3 Å². The van der Waals surface area contributed by atoms with Gasteiger partial charge < -0.3 is 19.4 Å². The predicted molar refractivity (Wildman–Crippen MR) is 119 cm³/mol. The van der Waals surface area contributed by atoms with Gasteiger partial charge in [-0.25, -0.2) is 14.8 Å². The zero-order valence-electron chi connectivity index (χ0n) is 18.0. The number of hydrogen-bond acceptors (Lipinski definition) is 5. The zero-order valence-corrected chi connectivity index (χ0v) is 18.8.